The van der Waals surface area contributed by atoms with Gasteiger partial charge in [-0.25, -0.2) is 0 Å². The smallest absolute Gasteiger partial charge is 0.251 e. The lowest BCUT2D eigenvalue weighted by Crippen LogP contribution is -2.46. The van der Waals surface area contributed by atoms with E-state index in [4.69, 9.17) is 9.47 Å². The lowest BCUT2D eigenvalue weighted by Gasteiger charge is -2.28. The highest BCUT2D eigenvalue weighted by atomic mass is 16.6. The van der Waals surface area contributed by atoms with E-state index < -0.39 is 6.10 Å². The normalized spacial score (nSPS) is 27.9. The molecule has 1 saturated carbocycles. The molecule has 2 N–H and O–H groups in total. The summed E-state index contributed by atoms with van der Waals surface area (Å²) >= 11 is 0. The number of aliphatic hydroxyl groups is 1. The van der Waals surface area contributed by atoms with E-state index >= 15 is 0 Å². The highest BCUT2D eigenvalue weighted by molar-refractivity contribution is 5.81. The van der Waals surface area contributed by atoms with Crippen molar-refractivity contribution in [3.63, 3.8) is 0 Å². The van der Waals surface area contributed by atoms with E-state index in [0.717, 1.165) is 25.7 Å². The zero-order valence-corrected chi connectivity index (χ0v) is 10.1. The van der Waals surface area contributed by atoms with Crippen molar-refractivity contribution >= 4 is 5.91 Å². The second-order valence-corrected chi connectivity index (χ2v) is 5.02. The molecule has 0 aromatic heterocycles. The summed E-state index contributed by atoms with van der Waals surface area (Å²) in [5, 5.41) is 12.3. The summed E-state index contributed by atoms with van der Waals surface area (Å²) < 4.78 is 10.5. The minimum absolute atomic E-state index is 0.106. The fraction of sp³-hybridized carbons (Fsp3) is 0.917. The molecular formula is C12H21NO4. The van der Waals surface area contributed by atoms with Gasteiger partial charge in [-0.3, -0.25) is 4.79 Å². The van der Waals surface area contributed by atoms with Crippen molar-refractivity contribution in [2.45, 2.75) is 31.8 Å². The number of hydrogen-bond donors (Lipinski definition) is 2. The zero-order chi connectivity index (χ0) is 12.1. The summed E-state index contributed by atoms with van der Waals surface area (Å²) in [5.41, 5.74) is -0.106. The van der Waals surface area contributed by atoms with E-state index in [1.165, 1.54) is 0 Å². The quantitative estimate of drug-likeness (QED) is 0.733. The molecule has 1 aliphatic heterocycles. The molecular weight excluding hydrogens is 222 g/mol. The first-order valence-corrected chi connectivity index (χ1v) is 6.34. The van der Waals surface area contributed by atoms with Crippen LogP contribution < -0.4 is 5.32 Å². The Morgan fingerprint density at radius 3 is 2.71 bits per heavy atom. The van der Waals surface area contributed by atoms with Crippen LogP contribution in [0.1, 0.15) is 25.7 Å². The standard InChI is InChI=1S/C12H21NO4/c14-9-12(3-1-2-4-12)8-13-11(15)10-7-16-5-6-17-10/h10,14H,1-9H2,(H,13,15). The Hall–Kier alpha value is -0.650. The fourth-order valence-corrected chi connectivity index (χ4v) is 2.54. The van der Waals surface area contributed by atoms with E-state index in [1.807, 2.05) is 0 Å². The molecule has 0 radical (unpaired) electrons. The van der Waals surface area contributed by atoms with Crippen LogP contribution in [0.5, 0.6) is 0 Å². The minimum Gasteiger partial charge on any atom is -0.396 e. The molecule has 5 heteroatoms. The maximum absolute atomic E-state index is 11.8. The minimum atomic E-state index is -0.485. The van der Waals surface area contributed by atoms with Gasteiger partial charge in [0.25, 0.3) is 5.91 Å². The average Bonchev–Trinajstić information content (AvgIpc) is 2.86. The van der Waals surface area contributed by atoms with Gasteiger partial charge in [-0.2, -0.15) is 0 Å². The first-order valence-electron chi connectivity index (χ1n) is 6.34. The van der Waals surface area contributed by atoms with Crippen molar-refractivity contribution in [1.29, 1.82) is 0 Å². The fourth-order valence-electron chi connectivity index (χ4n) is 2.54. The van der Waals surface area contributed by atoms with Crippen LogP contribution in [0, 0.1) is 5.41 Å². The molecule has 5 nitrogen and oxygen atoms in total. The summed E-state index contributed by atoms with van der Waals surface area (Å²) in [4.78, 5) is 11.8. The predicted octanol–water partition coefficient (Wildman–Crippen LogP) is 0.0707. The van der Waals surface area contributed by atoms with Gasteiger partial charge in [0, 0.05) is 12.0 Å². The Labute approximate surface area is 101 Å². The highest BCUT2D eigenvalue weighted by Crippen LogP contribution is 2.36. The molecule has 1 saturated heterocycles. The Bertz CT molecular complexity index is 257. The van der Waals surface area contributed by atoms with Gasteiger partial charge in [0.2, 0.25) is 0 Å². The summed E-state index contributed by atoms with van der Waals surface area (Å²) in [6, 6.07) is 0. The molecule has 0 aromatic carbocycles. The third-order valence-corrected chi connectivity index (χ3v) is 3.75. The monoisotopic (exact) mass is 243 g/mol. The van der Waals surface area contributed by atoms with E-state index in [-0.39, 0.29) is 17.9 Å². The lowest BCUT2D eigenvalue weighted by atomic mass is 9.87. The van der Waals surface area contributed by atoms with Crippen molar-refractivity contribution in [3.8, 4) is 0 Å². The summed E-state index contributed by atoms with van der Waals surface area (Å²) in [6.07, 6.45) is 3.78. The topological polar surface area (TPSA) is 67.8 Å². The number of hydrogen-bond acceptors (Lipinski definition) is 4. The maximum atomic E-state index is 11.8. The molecule has 98 valence electrons. The number of amides is 1. The van der Waals surface area contributed by atoms with Crippen LogP contribution in [-0.4, -0.2) is 50.1 Å². The summed E-state index contributed by atoms with van der Waals surface area (Å²) in [6.45, 7) is 2.06. The zero-order valence-electron chi connectivity index (χ0n) is 10.1. The van der Waals surface area contributed by atoms with Gasteiger partial charge in [-0.1, -0.05) is 12.8 Å². The Morgan fingerprint density at radius 1 is 1.35 bits per heavy atom. The molecule has 1 heterocycles. The van der Waals surface area contributed by atoms with Crippen LogP contribution in [0.15, 0.2) is 0 Å². The van der Waals surface area contributed by atoms with Crippen LogP contribution in [0.4, 0.5) is 0 Å². The Kier molecular flexibility index (Phi) is 4.36. The van der Waals surface area contributed by atoms with Crippen LogP contribution in [0.3, 0.4) is 0 Å². The second kappa shape index (κ2) is 5.80. The van der Waals surface area contributed by atoms with Gasteiger partial charge in [-0.05, 0) is 12.8 Å². The first-order chi connectivity index (χ1) is 8.26. The van der Waals surface area contributed by atoms with Crippen molar-refractivity contribution in [2.24, 2.45) is 5.41 Å². The second-order valence-electron chi connectivity index (χ2n) is 5.02. The van der Waals surface area contributed by atoms with E-state index in [2.05, 4.69) is 5.32 Å². The van der Waals surface area contributed by atoms with Crippen molar-refractivity contribution < 1.29 is 19.4 Å². The molecule has 0 spiro atoms. The van der Waals surface area contributed by atoms with Gasteiger partial charge >= 0.3 is 0 Å². The molecule has 1 aliphatic carbocycles. The van der Waals surface area contributed by atoms with Crippen molar-refractivity contribution in [2.75, 3.05) is 33.0 Å². The van der Waals surface area contributed by atoms with Gasteiger partial charge in [0.15, 0.2) is 6.10 Å². The van der Waals surface area contributed by atoms with E-state index in [0.29, 0.717) is 26.4 Å². The summed E-state index contributed by atoms with van der Waals surface area (Å²) in [5.74, 6) is -0.121. The van der Waals surface area contributed by atoms with Crippen LogP contribution in [-0.2, 0) is 14.3 Å². The molecule has 17 heavy (non-hydrogen) atoms. The largest absolute Gasteiger partial charge is 0.396 e. The van der Waals surface area contributed by atoms with Gasteiger partial charge < -0.3 is 19.9 Å². The van der Waals surface area contributed by atoms with E-state index in [9.17, 15) is 9.90 Å². The Balaban J connectivity index is 1.78. The van der Waals surface area contributed by atoms with Crippen LogP contribution in [0.25, 0.3) is 0 Å². The van der Waals surface area contributed by atoms with Crippen molar-refractivity contribution in [3.05, 3.63) is 0 Å². The average molecular weight is 243 g/mol. The SMILES string of the molecule is O=C(NCC1(CO)CCCC1)C1COCCO1. The highest BCUT2D eigenvalue weighted by Gasteiger charge is 2.34. The summed E-state index contributed by atoms with van der Waals surface area (Å²) in [7, 11) is 0. The number of carbonyl (C=O) groups is 1. The first kappa shape index (κ1) is 12.8. The molecule has 1 amide bonds. The van der Waals surface area contributed by atoms with Crippen LogP contribution in [0.2, 0.25) is 0 Å². The Morgan fingerprint density at radius 2 is 2.12 bits per heavy atom. The third kappa shape index (κ3) is 3.18. The number of ether oxygens (including phenoxy) is 2. The molecule has 2 aliphatic rings. The molecule has 0 aromatic rings. The van der Waals surface area contributed by atoms with Gasteiger partial charge in [0.05, 0.1) is 26.4 Å². The molecule has 2 rings (SSSR count). The van der Waals surface area contributed by atoms with E-state index in [1.54, 1.807) is 0 Å². The number of aliphatic hydroxyl groups excluding tert-OH is 1. The number of nitrogens with one attached hydrogen (secondary N) is 1. The molecule has 0 bridgehead atoms. The predicted molar refractivity (Wildman–Crippen MR) is 61.6 cm³/mol. The lowest BCUT2D eigenvalue weighted by molar-refractivity contribution is -0.148. The van der Waals surface area contributed by atoms with Crippen LogP contribution >= 0.6 is 0 Å². The maximum Gasteiger partial charge on any atom is 0.251 e. The van der Waals surface area contributed by atoms with Gasteiger partial charge in [0.1, 0.15) is 0 Å². The molecule has 1 atom stereocenters. The molecule has 2 fully saturated rings. The third-order valence-electron chi connectivity index (χ3n) is 3.75. The number of carbonyl (C=O) groups excluding carboxylic acids is 1. The molecule has 1 unspecified atom stereocenters. The number of rotatable bonds is 4. The van der Waals surface area contributed by atoms with Crippen molar-refractivity contribution in [1.82, 2.24) is 5.32 Å². The van der Waals surface area contributed by atoms with Gasteiger partial charge in [-0.15, -0.1) is 0 Å².